The van der Waals surface area contributed by atoms with E-state index in [1.165, 1.54) is 11.1 Å². The summed E-state index contributed by atoms with van der Waals surface area (Å²) in [4.78, 5) is 34.8. The smallest absolute Gasteiger partial charge is 0.224 e. The number of nitrogens with one attached hydrogen (secondary N) is 1. The first-order valence-corrected chi connectivity index (χ1v) is 10.5. The molecule has 6 N–H and O–H groups in total. The molecule has 1 fully saturated rings. The average Bonchev–Trinajstić information content (AvgIpc) is 3.43. The van der Waals surface area contributed by atoms with E-state index in [1.807, 2.05) is 6.07 Å². The maximum absolute atomic E-state index is 12.9. The maximum Gasteiger partial charge on any atom is 0.224 e. The Kier molecular flexibility index (Phi) is 4.70. The third-order valence-corrected chi connectivity index (χ3v) is 6.16. The molecule has 1 amide bonds. The van der Waals surface area contributed by atoms with Gasteiger partial charge in [0.05, 0.1) is 29.5 Å². The van der Waals surface area contributed by atoms with Crippen LogP contribution in [0.4, 0.5) is 11.8 Å². The number of nitrogen functional groups attached to an aromatic ring is 2. The number of hydrogen-bond acceptors (Lipinski definition) is 8. The van der Waals surface area contributed by atoms with E-state index in [1.54, 1.807) is 15.8 Å². The number of aryl methyl sites for hydroxylation is 3. The molecule has 4 aromatic rings. The zero-order valence-electron chi connectivity index (χ0n) is 17.9. The topological polar surface area (TPSA) is 165 Å². The van der Waals surface area contributed by atoms with E-state index in [-0.39, 0.29) is 24.2 Å². The molecule has 2 atom stereocenters. The van der Waals surface area contributed by atoms with Gasteiger partial charge >= 0.3 is 0 Å². The molecule has 32 heavy (non-hydrogen) atoms. The maximum atomic E-state index is 12.9. The van der Waals surface area contributed by atoms with Crippen LogP contribution in [0.1, 0.15) is 29.4 Å². The number of nitrogens with two attached hydrogens (primary N) is 2. The number of hydrogen-bond donors (Lipinski definition) is 4. The SMILES string of the molecule is Cc1cc2nc(CCC(=O)N3C[C@H](O)[C@@H](n4cnc5c(N)nc(N)nc54)C3)[nH]c2cc1C. The molecule has 0 unspecified atom stereocenters. The summed E-state index contributed by atoms with van der Waals surface area (Å²) in [5.41, 5.74) is 16.7. The highest BCUT2D eigenvalue weighted by Gasteiger charge is 2.36. The van der Waals surface area contributed by atoms with Gasteiger partial charge in [-0.1, -0.05) is 0 Å². The van der Waals surface area contributed by atoms with Gasteiger partial charge < -0.3 is 31.0 Å². The largest absolute Gasteiger partial charge is 0.389 e. The van der Waals surface area contributed by atoms with Gasteiger partial charge in [0.15, 0.2) is 11.5 Å². The predicted molar refractivity (Wildman–Crippen MR) is 120 cm³/mol. The molecule has 5 rings (SSSR count). The number of H-pyrrole nitrogens is 1. The van der Waals surface area contributed by atoms with Crippen LogP contribution in [0.5, 0.6) is 0 Å². The molecule has 0 spiro atoms. The average molecular weight is 435 g/mol. The summed E-state index contributed by atoms with van der Waals surface area (Å²) in [6, 6.07) is 3.73. The van der Waals surface area contributed by atoms with Gasteiger partial charge in [0.1, 0.15) is 11.3 Å². The summed E-state index contributed by atoms with van der Waals surface area (Å²) in [7, 11) is 0. The number of fused-ring (bicyclic) bond motifs is 2. The zero-order valence-corrected chi connectivity index (χ0v) is 17.9. The third-order valence-electron chi connectivity index (χ3n) is 6.16. The quantitative estimate of drug-likeness (QED) is 0.366. The molecule has 11 nitrogen and oxygen atoms in total. The van der Waals surface area contributed by atoms with E-state index < -0.39 is 12.1 Å². The number of carbonyl (C=O) groups excluding carboxylic acids is 1. The number of carbonyl (C=O) groups is 1. The fourth-order valence-electron chi connectivity index (χ4n) is 4.27. The van der Waals surface area contributed by atoms with Crippen LogP contribution in [-0.2, 0) is 11.2 Å². The van der Waals surface area contributed by atoms with E-state index in [9.17, 15) is 9.90 Å². The fraction of sp³-hybridized carbons (Fsp3) is 0.381. The van der Waals surface area contributed by atoms with Gasteiger partial charge in [-0.05, 0) is 37.1 Å². The lowest BCUT2D eigenvalue weighted by Gasteiger charge is -2.17. The van der Waals surface area contributed by atoms with Crippen molar-refractivity contribution >= 4 is 39.9 Å². The molecule has 1 aliphatic heterocycles. The van der Waals surface area contributed by atoms with Crippen LogP contribution in [-0.4, -0.2) is 64.6 Å². The number of aliphatic hydroxyl groups is 1. The van der Waals surface area contributed by atoms with Crippen molar-refractivity contribution in [2.75, 3.05) is 24.6 Å². The Hall–Kier alpha value is -3.73. The van der Waals surface area contributed by atoms with Crippen LogP contribution in [0, 0.1) is 13.8 Å². The standard InChI is InChI=1S/C21H25N9O2/c1-10-5-12-13(6-11(10)2)26-16(25-12)3-4-17(32)29-7-14(15(31)8-29)30-9-24-18-19(22)27-21(23)28-20(18)30/h5-6,9,14-15,31H,3-4,7-8H2,1-2H3,(H,25,26)(H4,22,23,27,28)/t14-,15-/m0/s1. The molecule has 1 aliphatic rings. The Balaban J connectivity index is 1.29. The highest BCUT2D eigenvalue weighted by Crippen LogP contribution is 2.28. The summed E-state index contributed by atoms with van der Waals surface area (Å²) >= 11 is 0. The molecule has 0 saturated carbocycles. The normalized spacial score (nSPS) is 18.8. The Morgan fingerprint density at radius 1 is 1.19 bits per heavy atom. The van der Waals surface area contributed by atoms with E-state index in [4.69, 9.17) is 11.5 Å². The fourth-order valence-corrected chi connectivity index (χ4v) is 4.27. The van der Waals surface area contributed by atoms with Crippen molar-refractivity contribution in [3.05, 3.63) is 35.4 Å². The van der Waals surface area contributed by atoms with Gasteiger partial charge in [-0.25, -0.2) is 9.97 Å². The van der Waals surface area contributed by atoms with E-state index in [2.05, 4.69) is 44.8 Å². The Morgan fingerprint density at radius 3 is 2.78 bits per heavy atom. The molecular weight excluding hydrogens is 410 g/mol. The molecule has 0 aliphatic carbocycles. The molecule has 1 saturated heterocycles. The highest BCUT2D eigenvalue weighted by molar-refractivity contribution is 5.83. The highest BCUT2D eigenvalue weighted by atomic mass is 16.3. The van der Waals surface area contributed by atoms with Crippen LogP contribution < -0.4 is 11.5 Å². The summed E-state index contributed by atoms with van der Waals surface area (Å²) < 4.78 is 1.71. The first-order chi connectivity index (χ1) is 15.3. The van der Waals surface area contributed by atoms with Crippen molar-refractivity contribution in [1.29, 1.82) is 0 Å². The lowest BCUT2D eigenvalue weighted by molar-refractivity contribution is -0.130. The molecule has 4 heterocycles. The molecular formula is C21H25N9O2. The molecule has 3 aromatic heterocycles. The van der Waals surface area contributed by atoms with Gasteiger partial charge in [-0.2, -0.15) is 9.97 Å². The van der Waals surface area contributed by atoms with Gasteiger partial charge in [0.2, 0.25) is 11.9 Å². The first-order valence-electron chi connectivity index (χ1n) is 10.5. The lowest BCUT2D eigenvalue weighted by Crippen LogP contribution is -2.29. The van der Waals surface area contributed by atoms with Crippen LogP contribution >= 0.6 is 0 Å². The van der Waals surface area contributed by atoms with Crippen molar-refractivity contribution in [2.45, 2.75) is 38.8 Å². The van der Waals surface area contributed by atoms with Gasteiger partial charge in [-0.15, -0.1) is 0 Å². The third kappa shape index (κ3) is 3.40. The molecule has 11 heteroatoms. The minimum Gasteiger partial charge on any atom is -0.389 e. The second kappa shape index (κ2) is 7.45. The van der Waals surface area contributed by atoms with Crippen molar-refractivity contribution in [2.24, 2.45) is 0 Å². The molecule has 0 radical (unpaired) electrons. The monoisotopic (exact) mass is 435 g/mol. The Morgan fingerprint density at radius 2 is 1.97 bits per heavy atom. The number of nitrogens with zero attached hydrogens (tertiary/aromatic N) is 6. The Labute approximate surface area is 183 Å². The summed E-state index contributed by atoms with van der Waals surface area (Å²) in [6.07, 6.45) is 1.59. The number of rotatable bonds is 4. The van der Waals surface area contributed by atoms with Crippen LogP contribution in [0.25, 0.3) is 22.2 Å². The summed E-state index contributed by atoms with van der Waals surface area (Å²) in [5.74, 6) is 0.951. The van der Waals surface area contributed by atoms with E-state index >= 15 is 0 Å². The Bertz CT molecular complexity index is 1300. The predicted octanol–water partition coefficient (Wildman–Crippen LogP) is 0.861. The number of aromatic amines is 1. The second-order valence-electron chi connectivity index (χ2n) is 8.36. The number of imidazole rings is 2. The summed E-state index contributed by atoms with van der Waals surface area (Å²) in [6.45, 7) is 4.69. The van der Waals surface area contributed by atoms with E-state index in [0.717, 1.165) is 16.9 Å². The molecule has 166 valence electrons. The number of amides is 1. The van der Waals surface area contributed by atoms with Crippen molar-refractivity contribution < 1.29 is 9.90 Å². The van der Waals surface area contributed by atoms with Crippen molar-refractivity contribution in [1.82, 2.24) is 34.4 Å². The van der Waals surface area contributed by atoms with Gasteiger partial charge in [0, 0.05) is 25.9 Å². The number of likely N-dealkylation sites (tertiary alicyclic amines) is 1. The summed E-state index contributed by atoms with van der Waals surface area (Å²) in [5, 5.41) is 10.6. The van der Waals surface area contributed by atoms with E-state index in [0.29, 0.717) is 30.6 Å². The number of aliphatic hydroxyl groups excluding tert-OH is 1. The number of benzene rings is 1. The van der Waals surface area contributed by atoms with Crippen molar-refractivity contribution in [3.63, 3.8) is 0 Å². The van der Waals surface area contributed by atoms with Crippen molar-refractivity contribution in [3.8, 4) is 0 Å². The van der Waals surface area contributed by atoms with Crippen LogP contribution in [0.15, 0.2) is 18.5 Å². The van der Waals surface area contributed by atoms with Gasteiger partial charge in [0.25, 0.3) is 0 Å². The minimum absolute atomic E-state index is 0.0355. The van der Waals surface area contributed by atoms with Crippen LogP contribution in [0.2, 0.25) is 0 Å². The number of β-amino-alcohol motifs (C(OH)–C–C–N with tert-alkyl or cyclic N) is 1. The van der Waals surface area contributed by atoms with Crippen LogP contribution in [0.3, 0.4) is 0 Å². The minimum atomic E-state index is -0.758. The number of anilines is 2. The molecule has 1 aromatic carbocycles. The number of aromatic nitrogens is 6. The first kappa shape index (κ1) is 20.2. The molecule has 0 bridgehead atoms. The lowest BCUT2D eigenvalue weighted by atomic mass is 10.1. The second-order valence-corrected chi connectivity index (χ2v) is 8.36. The zero-order chi connectivity index (χ0) is 22.6. The van der Waals surface area contributed by atoms with Gasteiger partial charge in [-0.3, -0.25) is 4.79 Å².